The average Bonchev–Trinajstić information content (AvgIpc) is 3.23. The SMILES string of the molecule is O=C(c1n[nH]c(C2CC2)n1)N1CCc2ncccc2C1. The molecule has 102 valence electrons. The minimum Gasteiger partial charge on any atom is -0.331 e. The van der Waals surface area contributed by atoms with Crippen LogP contribution in [0.5, 0.6) is 0 Å². The van der Waals surface area contributed by atoms with Crippen LogP contribution in [-0.2, 0) is 13.0 Å². The van der Waals surface area contributed by atoms with E-state index in [1.54, 1.807) is 11.1 Å². The molecule has 0 spiro atoms. The van der Waals surface area contributed by atoms with Gasteiger partial charge in [-0.25, -0.2) is 4.98 Å². The molecular weight excluding hydrogens is 254 g/mol. The molecule has 2 aliphatic rings. The van der Waals surface area contributed by atoms with Crippen LogP contribution in [-0.4, -0.2) is 37.5 Å². The second-order valence-corrected chi connectivity index (χ2v) is 5.40. The van der Waals surface area contributed by atoms with Crippen molar-refractivity contribution in [3.8, 4) is 0 Å². The number of hydrogen-bond acceptors (Lipinski definition) is 4. The van der Waals surface area contributed by atoms with Gasteiger partial charge in [0.2, 0.25) is 5.82 Å². The number of aromatic amines is 1. The van der Waals surface area contributed by atoms with Gasteiger partial charge in [0.25, 0.3) is 5.91 Å². The predicted molar refractivity (Wildman–Crippen MR) is 71.0 cm³/mol. The number of aromatic nitrogens is 4. The van der Waals surface area contributed by atoms with E-state index in [0.717, 1.165) is 36.3 Å². The molecule has 6 heteroatoms. The number of amides is 1. The second-order valence-electron chi connectivity index (χ2n) is 5.40. The van der Waals surface area contributed by atoms with Gasteiger partial charge in [-0.15, -0.1) is 5.10 Å². The van der Waals surface area contributed by atoms with Crippen LogP contribution < -0.4 is 0 Å². The second kappa shape index (κ2) is 4.40. The third-order valence-corrected chi connectivity index (χ3v) is 3.91. The molecule has 0 saturated heterocycles. The Hall–Kier alpha value is -2.24. The molecule has 3 heterocycles. The topological polar surface area (TPSA) is 74.8 Å². The fourth-order valence-corrected chi connectivity index (χ4v) is 2.59. The van der Waals surface area contributed by atoms with Crippen LogP contribution in [0.4, 0.5) is 0 Å². The van der Waals surface area contributed by atoms with Crippen molar-refractivity contribution in [2.45, 2.75) is 31.7 Å². The molecule has 0 aromatic carbocycles. The molecule has 1 saturated carbocycles. The Labute approximate surface area is 116 Å². The summed E-state index contributed by atoms with van der Waals surface area (Å²) >= 11 is 0. The van der Waals surface area contributed by atoms with Crippen molar-refractivity contribution in [3.05, 3.63) is 41.2 Å². The third kappa shape index (κ3) is 1.97. The summed E-state index contributed by atoms with van der Waals surface area (Å²) in [5, 5.41) is 6.95. The lowest BCUT2D eigenvalue weighted by Crippen LogP contribution is -2.36. The quantitative estimate of drug-likeness (QED) is 0.891. The minimum atomic E-state index is -0.0948. The number of H-pyrrole nitrogens is 1. The van der Waals surface area contributed by atoms with E-state index in [4.69, 9.17) is 0 Å². The highest BCUT2D eigenvalue weighted by atomic mass is 16.2. The molecule has 20 heavy (non-hydrogen) atoms. The molecule has 0 atom stereocenters. The molecule has 6 nitrogen and oxygen atoms in total. The largest absolute Gasteiger partial charge is 0.331 e. The first-order chi connectivity index (χ1) is 9.81. The minimum absolute atomic E-state index is 0.0948. The molecule has 2 aromatic rings. The third-order valence-electron chi connectivity index (χ3n) is 3.91. The number of fused-ring (bicyclic) bond motifs is 1. The highest BCUT2D eigenvalue weighted by Gasteiger charge is 2.30. The maximum atomic E-state index is 12.4. The number of hydrogen-bond donors (Lipinski definition) is 1. The van der Waals surface area contributed by atoms with Gasteiger partial charge in [0.15, 0.2) is 0 Å². The van der Waals surface area contributed by atoms with Crippen LogP contribution in [0.3, 0.4) is 0 Å². The van der Waals surface area contributed by atoms with E-state index in [-0.39, 0.29) is 5.91 Å². The highest BCUT2D eigenvalue weighted by Crippen LogP contribution is 2.37. The van der Waals surface area contributed by atoms with Crippen molar-refractivity contribution < 1.29 is 4.79 Å². The summed E-state index contributed by atoms with van der Waals surface area (Å²) in [5.74, 6) is 1.53. The van der Waals surface area contributed by atoms with Gasteiger partial charge in [-0.05, 0) is 24.5 Å². The number of carbonyl (C=O) groups excluding carboxylic acids is 1. The molecule has 1 aliphatic heterocycles. The number of carbonyl (C=O) groups is 1. The molecule has 1 amide bonds. The molecule has 1 fully saturated rings. The van der Waals surface area contributed by atoms with Crippen LogP contribution in [0.2, 0.25) is 0 Å². The normalized spacial score (nSPS) is 17.9. The zero-order chi connectivity index (χ0) is 13.5. The summed E-state index contributed by atoms with van der Waals surface area (Å²) in [7, 11) is 0. The van der Waals surface area contributed by atoms with Gasteiger partial charge >= 0.3 is 0 Å². The van der Waals surface area contributed by atoms with Crippen molar-refractivity contribution in [2.75, 3.05) is 6.54 Å². The summed E-state index contributed by atoms with van der Waals surface area (Å²) in [5.41, 5.74) is 2.20. The lowest BCUT2D eigenvalue weighted by molar-refractivity contribution is 0.0721. The van der Waals surface area contributed by atoms with E-state index in [2.05, 4.69) is 20.2 Å². The first-order valence-corrected chi connectivity index (χ1v) is 6.95. The Morgan fingerprint density at radius 2 is 2.30 bits per heavy atom. The van der Waals surface area contributed by atoms with E-state index in [1.165, 1.54) is 0 Å². The molecule has 0 bridgehead atoms. The molecule has 1 aliphatic carbocycles. The van der Waals surface area contributed by atoms with Crippen LogP contribution in [0.1, 0.15) is 46.5 Å². The van der Waals surface area contributed by atoms with E-state index in [0.29, 0.717) is 24.8 Å². The van der Waals surface area contributed by atoms with E-state index < -0.39 is 0 Å². The fourth-order valence-electron chi connectivity index (χ4n) is 2.59. The van der Waals surface area contributed by atoms with Crippen LogP contribution in [0, 0.1) is 0 Å². The van der Waals surface area contributed by atoms with Crippen molar-refractivity contribution in [1.29, 1.82) is 0 Å². The number of pyridine rings is 1. The van der Waals surface area contributed by atoms with E-state index in [9.17, 15) is 4.79 Å². The van der Waals surface area contributed by atoms with Crippen LogP contribution >= 0.6 is 0 Å². The lowest BCUT2D eigenvalue weighted by Gasteiger charge is -2.27. The summed E-state index contributed by atoms with van der Waals surface area (Å²) in [6.07, 6.45) is 4.88. The van der Waals surface area contributed by atoms with E-state index >= 15 is 0 Å². The number of rotatable bonds is 2. The molecule has 1 N–H and O–H groups in total. The van der Waals surface area contributed by atoms with Gasteiger partial charge < -0.3 is 4.90 Å². The lowest BCUT2D eigenvalue weighted by atomic mass is 10.1. The van der Waals surface area contributed by atoms with Crippen molar-refractivity contribution in [1.82, 2.24) is 25.1 Å². The van der Waals surface area contributed by atoms with Crippen molar-refractivity contribution in [2.24, 2.45) is 0 Å². The maximum absolute atomic E-state index is 12.4. The van der Waals surface area contributed by atoms with Crippen molar-refractivity contribution in [3.63, 3.8) is 0 Å². The predicted octanol–water partition coefficient (Wildman–Crippen LogP) is 1.28. The van der Waals surface area contributed by atoms with Gasteiger partial charge in [0.1, 0.15) is 5.82 Å². The molecular formula is C14H15N5O. The Kier molecular flexibility index (Phi) is 2.55. The van der Waals surface area contributed by atoms with Crippen molar-refractivity contribution >= 4 is 5.91 Å². The van der Waals surface area contributed by atoms with Gasteiger partial charge in [0.05, 0.1) is 0 Å². The molecule has 4 rings (SSSR count). The molecule has 0 unspecified atom stereocenters. The first kappa shape index (κ1) is 11.6. The van der Waals surface area contributed by atoms with Gasteiger partial charge in [-0.2, -0.15) is 0 Å². The first-order valence-electron chi connectivity index (χ1n) is 6.95. The highest BCUT2D eigenvalue weighted by molar-refractivity contribution is 5.90. The van der Waals surface area contributed by atoms with Gasteiger partial charge in [-0.3, -0.25) is 14.9 Å². The smallest absolute Gasteiger partial charge is 0.293 e. The number of nitrogens with zero attached hydrogens (tertiary/aromatic N) is 4. The zero-order valence-corrected chi connectivity index (χ0v) is 11.0. The summed E-state index contributed by atoms with van der Waals surface area (Å²) in [4.78, 5) is 22.9. The maximum Gasteiger partial charge on any atom is 0.293 e. The molecule has 0 radical (unpaired) electrons. The van der Waals surface area contributed by atoms with Gasteiger partial charge in [0, 0.05) is 37.3 Å². The van der Waals surface area contributed by atoms with E-state index in [1.807, 2.05) is 12.1 Å². The summed E-state index contributed by atoms with van der Waals surface area (Å²) in [6, 6.07) is 3.93. The summed E-state index contributed by atoms with van der Waals surface area (Å²) < 4.78 is 0. The Morgan fingerprint density at radius 1 is 1.40 bits per heavy atom. The Balaban J connectivity index is 1.54. The monoisotopic (exact) mass is 269 g/mol. The average molecular weight is 269 g/mol. The Bertz CT molecular complexity index is 661. The van der Waals surface area contributed by atoms with Gasteiger partial charge in [-0.1, -0.05) is 6.07 Å². The standard InChI is InChI=1S/C14H15N5O/c20-14(13-16-12(17-18-13)9-3-4-9)19-7-5-11-10(8-19)2-1-6-15-11/h1-2,6,9H,3-5,7-8H2,(H,16,17,18). The zero-order valence-electron chi connectivity index (χ0n) is 11.0. The Morgan fingerprint density at radius 3 is 3.15 bits per heavy atom. The summed E-state index contributed by atoms with van der Waals surface area (Å²) in [6.45, 7) is 1.27. The molecule has 2 aromatic heterocycles. The number of nitrogens with one attached hydrogen (secondary N) is 1. The van der Waals surface area contributed by atoms with Crippen LogP contribution in [0.15, 0.2) is 18.3 Å². The fraction of sp³-hybridized carbons (Fsp3) is 0.429. The van der Waals surface area contributed by atoms with Crippen LogP contribution in [0.25, 0.3) is 0 Å².